The Labute approximate surface area is 188 Å². The van der Waals surface area contributed by atoms with Gasteiger partial charge in [-0.15, -0.1) is 0 Å². The zero-order chi connectivity index (χ0) is 22.7. The Balaban J connectivity index is 1.81. The second kappa shape index (κ2) is 9.34. The van der Waals surface area contributed by atoms with Crippen LogP contribution < -0.4 is 19.5 Å². The van der Waals surface area contributed by atoms with Gasteiger partial charge in [-0.2, -0.15) is 0 Å². The summed E-state index contributed by atoms with van der Waals surface area (Å²) in [5.74, 6) is 2.34. The summed E-state index contributed by atoms with van der Waals surface area (Å²) < 4.78 is 16.3. The minimum atomic E-state index is -0.0538. The molecule has 0 radical (unpaired) electrons. The van der Waals surface area contributed by atoms with Crippen molar-refractivity contribution < 1.29 is 19.0 Å². The molecule has 0 saturated carbocycles. The molecule has 0 unspecified atom stereocenters. The number of fused-ring (bicyclic) bond motifs is 1. The summed E-state index contributed by atoms with van der Waals surface area (Å²) in [6, 6.07) is 13.1. The lowest BCUT2D eigenvalue weighted by molar-refractivity contribution is 0.0677. The topological polar surface area (TPSA) is 72.9 Å². The lowest BCUT2D eigenvalue weighted by Gasteiger charge is -2.30. The van der Waals surface area contributed by atoms with Crippen molar-refractivity contribution in [3.8, 4) is 17.2 Å². The van der Waals surface area contributed by atoms with Crippen molar-refractivity contribution in [1.82, 2.24) is 9.88 Å². The first-order chi connectivity index (χ1) is 15.5. The smallest absolute Gasteiger partial charge is 0.272 e. The van der Waals surface area contributed by atoms with Gasteiger partial charge < -0.3 is 24.4 Å². The van der Waals surface area contributed by atoms with Crippen molar-refractivity contribution in [2.45, 2.75) is 19.8 Å². The van der Waals surface area contributed by atoms with Crippen LogP contribution in [0.4, 0.5) is 11.4 Å². The van der Waals surface area contributed by atoms with Gasteiger partial charge in [0.25, 0.3) is 5.91 Å². The van der Waals surface area contributed by atoms with Gasteiger partial charge in [0.15, 0.2) is 11.5 Å². The molecule has 1 saturated heterocycles. The predicted octanol–water partition coefficient (Wildman–Crippen LogP) is 4.88. The molecular weight excluding hydrogens is 406 g/mol. The van der Waals surface area contributed by atoms with E-state index in [0.29, 0.717) is 28.6 Å². The van der Waals surface area contributed by atoms with E-state index in [4.69, 9.17) is 19.2 Å². The second-order valence-corrected chi connectivity index (χ2v) is 8.13. The van der Waals surface area contributed by atoms with Crippen LogP contribution >= 0.6 is 0 Å². The van der Waals surface area contributed by atoms with Crippen LogP contribution in [0.2, 0.25) is 0 Å². The number of aromatic nitrogens is 1. The molecule has 4 rings (SSSR count). The first kappa shape index (κ1) is 21.7. The van der Waals surface area contributed by atoms with Crippen LogP contribution in [-0.4, -0.2) is 50.2 Å². The molecule has 0 bridgehead atoms. The monoisotopic (exact) mass is 435 g/mol. The number of rotatable bonds is 6. The van der Waals surface area contributed by atoms with E-state index in [1.54, 1.807) is 27.4 Å². The number of carbonyl (C=O) groups excluding carboxylic acids is 1. The van der Waals surface area contributed by atoms with E-state index >= 15 is 0 Å². The van der Waals surface area contributed by atoms with Crippen molar-refractivity contribution in [2.24, 2.45) is 5.92 Å². The summed E-state index contributed by atoms with van der Waals surface area (Å²) in [4.78, 5) is 19.9. The van der Waals surface area contributed by atoms with E-state index in [1.165, 1.54) is 0 Å². The Morgan fingerprint density at radius 3 is 2.56 bits per heavy atom. The number of nitrogens with one attached hydrogen (secondary N) is 1. The number of hydrogen-bond donors (Lipinski definition) is 1. The Bertz CT molecular complexity index is 1130. The van der Waals surface area contributed by atoms with Crippen LogP contribution in [0.25, 0.3) is 10.9 Å². The molecular formula is C25H29N3O4. The molecule has 168 valence electrons. The molecule has 32 heavy (non-hydrogen) atoms. The summed E-state index contributed by atoms with van der Waals surface area (Å²) >= 11 is 0. The van der Waals surface area contributed by atoms with Gasteiger partial charge >= 0.3 is 0 Å². The molecule has 1 aromatic heterocycles. The van der Waals surface area contributed by atoms with E-state index in [0.717, 1.165) is 48.4 Å². The molecule has 7 heteroatoms. The van der Waals surface area contributed by atoms with Crippen LogP contribution in [0.3, 0.4) is 0 Å². The number of piperidine rings is 1. The fourth-order valence-corrected chi connectivity index (χ4v) is 4.16. The maximum Gasteiger partial charge on any atom is 0.272 e. The van der Waals surface area contributed by atoms with Crippen LogP contribution in [0.15, 0.2) is 42.5 Å². The molecule has 1 aliphatic rings. The number of amides is 1. The number of pyridine rings is 1. The van der Waals surface area contributed by atoms with Gasteiger partial charge in [-0.25, -0.2) is 4.98 Å². The molecule has 2 heterocycles. The average molecular weight is 436 g/mol. The van der Waals surface area contributed by atoms with Crippen LogP contribution in [0.5, 0.6) is 17.2 Å². The van der Waals surface area contributed by atoms with Gasteiger partial charge in [-0.1, -0.05) is 13.0 Å². The van der Waals surface area contributed by atoms with Crippen LogP contribution in [0.1, 0.15) is 30.3 Å². The highest BCUT2D eigenvalue weighted by Gasteiger charge is 2.24. The lowest BCUT2D eigenvalue weighted by Crippen LogP contribution is -2.39. The lowest BCUT2D eigenvalue weighted by atomic mass is 10.00. The summed E-state index contributed by atoms with van der Waals surface area (Å²) in [6.07, 6.45) is 2.16. The zero-order valence-electron chi connectivity index (χ0n) is 19.0. The largest absolute Gasteiger partial charge is 0.497 e. The maximum absolute atomic E-state index is 13.3. The number of ether oxygens (including phenoxy) is 3. The summed E-state index contributed by atoms with van der Waals surface area (Å²) in [6.45, 7) is 3.69. The molecule has 1 amide bonds. The molecule has 2 aromatic carbocycles. The maximum atomic E-state index is 13.3. The predicted molar refractivity (Wildman–Crippen MR) is 125 cm³/mol. The highest BCUT2D eigenvalue weighted by molar-refractivity contribution is 6.01. The van der Waals surface area contributed by atoms with Crippen molar-refractivity contribution >= 4 is 28.2 Å². The van der Waals surface area contributed by atoms with Gasteiger partial charge in [-0.05, 0) is 43.0 Å². The van der Waals surface area contributed by atoms with E-state index in [-0.39, 0.29) is 5.91 Å². The molecule has 1 fully saturated rings. The van der Waals surface area contributed by atoms with E-state index in [9.17, 15) is 4.79 Å². The average Bonchev–Trinajstić information content (AvgIpc) is 2.82. The summed E-state index contributed by atoms with van der Waals surface area (Å²) in [5, 5.41) is 4.26. The molecule has 1 aliphatic heterocycles. The number of likely N-dealkylation sites (tertiary alicyclic amines) is 1. The SMILES string of the molecule is COc1cccc(Nc2cc(C(=O)N3CCC[C@H](C)C3)nc3cc(OC)c(OC)cc23)c1. The van der Waals surface area contributed by atoms with Gasteiger partial charge in [0.1, 0.15) is 11.4 Å². The Morgan fingerprint density at radius 2 is 1.84 bits per heavy atom. The number of anilines is 2. The first-order valence-electron chi connectivity index (χ1n) is 10.8. The van der Waals surface area contributed by atoms with Crippen LogP contribution in [0, 0.1) is 5.92 Å². The summed E-state index contributed by atoms with van der Waals surface area (Å²) in [7, 11) is 4.82. The van der Waals surface area contributed by atoms with Crippen molar-refractivity contribution in [3.05, 3.63) is 48.2 Å². The molecule has 3 aromatic rings. The Kier molecular flexibility index (Phi) is 6.35. The highest BCUT2D eigenvalue weighted by Crippen LogP contribution is 2.36. The Hall–Kier alpha value is -3.48. The van der Waals surface area contributed by atoms with Crippen molar-refractivity contribution in [3.63, 3.8) is 0 Å². The third kappa shape index (κ3) is 4.42. The van der Waals surface area contributed by atoms with E-state index < -0.39 is 0 Å². The van der Waals surface area contributed by atoms with Gasteiger partial charge in [0.2, 0.25) is 0 Å². The fourth-order valence-electron chi connectivity index (χ4n) is 4.16. The van der Waals surface area contributed by atoms with Gasteiger partial charge in [0, 0.05) is 36.3 Å². The number of methoxy groups -OCH3 is 3. The number of hydrogen-bond acceptors (Lipinski definition) is 6. The molecule has 0 spiro atoms. The third-order valence-electron chi connectivity index (χ3n) is 5.83. The zero-order valence-corrected chi connectivity index (χ0v) is 19.0. The standard InChI is InChI=1S/C25H29N3O4/c1-16-7-6-10-28(15-16)25(29)22-13-20(26-17-8-5-9-18(11-17)30-2)19-12-23(31-3)24(32-4)14-21(19)27-22/h5,8-9,11-14,16H,6-7,10,15H2,1-4H3,(H,26,27)/t16-/m0/s1. The normalized spacial score (nSPS) is 16.0. The molecule has 0 aliphatic carbocycles. The van der Waals surface area contributed by atoms with E-state index in [1.807, 2.05) is 41.3 Å². The Morgan fingerprint density at radius 1 is 1.06 bits per heavy atom. The number of carbonyl (C=O) groups is 1. The summed E-state index contributed by atoms with van der Waals surface area (Å²) in [5.41, 5.74) is 2.67. The minimum Gasteiger partial charge on any atom is -0.497 e. The molecule has 1 atom stereocenters. The second-order valence-electron chi connectivity index (χ2n) is 8.13. The quantitative estimate of drug-likeness (QED) is 0.595. The minimum absolute atomic E-state index is 0.0538. The van der Waals surface area contributed by atoms with Crippen LogP contribution in [-0.2, 0) is 0 Å². The number of nitrogens with zero attached hydrogens (tertiary/aromatic N) is 2. The van der Waals surface area contributed by atoms with Crippen molar-refractivity contribution in [2.75, 3.05) is 39.7 Å². The third-order valence-corrected chi connectivity index (χ3v) is 5.83. The van der Waals surface area contributed by atoms with E-state index in [2.05, 4.69) is 12.2 Å². The first-order valence-corrected chi connectivity index (χ1v) is 10.8. The van der Waals surface area contributed by atoms with Crippen molar-refractivity contribution in [1.29, 1.82) is 0 Å². The fraction of sp³-hybridized carbons (Fsp3) is 0.360. The molecule has 1 N–H and O–H groups in total. The number of benzene rings is 2. The molecule has 7 nitrogen and oxygen atoms in total. The highest BCUT2D eigenvalue weighted by atomic mass is 16.5. The van der Waals surface area contributed by atoms with Gasteiger partial charge in [-0.3, -0.25) is 4.79 Å². The van der Waals surface area contributed by atoms with Gasteiger partial charge in [0.05, 0.1) is 32.5 Å².